The van der Waals surface area contributed by atoms with Gasteiger partial charge in [-0.1, -0.05) is 6.07 Å². The van der Waals surface area contributed by atoms with Gasteiger partial charge in [0.1, 0.15) is 5.65 Å². The summed E-state index contributed by atoms with van der Waals surface area (Å²) in [5.41, 5.74) is 2.73. The van der Waals surface area contributed by atoms with Crippen molar-refractivity contribution in [1.29, 1.82) is 0 Å². The van der Waals surface area contributed by atoms with Crippen LogP contribution in [-0.4, -0.2) is 42.0 Å². The zero-order valence-corrected chi connectivity index (χ0v) is 12.4. The van der Waals surface area contributed by atoms with Crippen molar-refractivity contribution in [3.63, 3.8) is 0 Å². The molecule has 0 radical (unpaired) electrons. The molecule has 3 aromatic rings. The Balaban J connectivity index is 1.69. The third-order valence-corrected chi connectivity index (χ3v) is 4.46. The maximum Gasteiger partial charge on any atom is 0.338 e. The van der Waals surface area contributed by atoms with Crippen LogP contribution in [0, 0.1) is 0 Å². The summed E-state index contributed by atoms with van der Waals surface area (Å²) in [6, 6.07) is 3.98. The fraction of sp³-hybridized carbons (Fsp3) is 0.312. The standard InChI is InChI=1S/C16H16N4O3/c21-10-16(3-4-16)13-2-1-5-19-8-12(18-14(13)19)9-20-7-11(6-17-20)15(22)23/h1-2,5-8,21H,3-4,9-10H2,(H,22,23). The highest BCUT2D eigenvalue weighted by Gasteiger charge is 2.45. The lowest BCUT2D eigenvalue weighted by Gasteiger charge is -2.12. The number of aliphatic hydroxyl groups excluding tert-OH is 1. The predicted molar refractivity (Wildman–Crippen MR) is 81.5 cm³/mol. The number of aromatic nitrogens is 4. The zero-order chi connectivity index (χ0) is 16.0. The van der Waals surface area contributed by atoms with Crippen LogP contribution in [0.5, 0.6) is 0 Å². The lowest BCUT2D eigenvalue weighted by molar-refractivity contribution is 0.0696. The fourth-order valence-corrected chi connectivity index (χ4v) is 2.94. The third kappa shape index (κ3) is 2.29. The number of nitrogens with zero attached hydrogens (tertiary/aromatic N) is 4. The number of hydrogen-bond acceptors (Lipinski definition) is 4. The number of rotatable bonds is 5. The number of aromatic carboxylic acids is 1. The topological polar surface area (TPSA) is 92.7 Å². The lowest BCUT2D eigenvalue weighted by Crippen LogP contribution is -2.13. The average molecular weight is 312 g/mol. The summed E-state index contributed by atoms with van der Waals surface area (Å²) < 4.78 is 3.51. The van der Waals surface area contributed by atoms with Crippen molar-refractivity contribution in [3.8, 4) is 0 Å². The molecule has 0 unspecified atom stereocenters. The first kappa shape index (κ1) is 14.0. The van der Waals surface area contributed by atoms with Crippen LogP contribution in [0.25, 0.3) is 5.65 Å². The van der Waals surface area contributed by atoms with E-state index in [-0.39, 0.29) is 17.6 Å². The van der Waals surface area contributed by atoms with E-state index in [0.717, 1.165) is 29.7 Å². The zero-order valence-electron chi connectivity index (χ0n) is 12.4. The second-order valence-electron chi connectivity index (χ2n) is 6.06. The smallest absolute Gasteiger partial charge is 0.338 e. The minimum Gasteiger partial charge on any atom is -0.478 e. The van der Waals surface area contributed by atoms with E-state index in [1.54, 1.807) is 4.68 Å². The van der Waals surface area contributed by atoms with Gasteiger partial charge in [0, 0.05) is 29.6 Å². The number of pyridine rings is 1. The highest BCUT2D eigenvalue weighted by molar-refractivity contribution is 5.86. The Morgan fingerprint density at radius 3 is 2.83 bits per heavy atom. The van der Waals surface area contributed by atoms with Crippen molar-refractivity contribution in [1.82, 2.24) is 19.2 Å². The normalized spacial score (nSPS) is 15.9. The van der Waals surface area contributed by atoms with Crippen molar-refractivity contribution in [2.45, 2.75) is 24.8 Å². The van der Waals surface area contributed by atoms with Gasteiger partial charge >= 0.3 is 5.97 Å². The van der Waals surface area contributed by atoms with Crippen LogP contribution in [0.3, 0.4) is 0 Å². The summed E-state index contributed by atoms with van der Waals surface area (Å²) in [6.45, 7) is 0.538. The predicted octanol–water partition coefficient (Wildman–Crippen LogP) is 1.30. The first-order chi connectivity index (χ1) is 11.1. The van der Waals surface area contributed by atoms with E-state index < -0.39 is 5.97 Å². The molecule has 0 bridgehead atoms. The summed E-state index contributed by atoms with van der Waals surface area (Å²) >= 11 is 0. The van der Waals surface area contributed by atoms with Crippen LogP contribution in [0.2, 0.25) is 0 Å². The number of carboxylic acids is 1. The molecule has 3 heterocycles. The Hall–Kier alpha value is -2.67. The minimum atomic E-state index is -0.993. The quantitative estimate of drug-likeness (QED) is 0.741. The number of carbonyl (C=O) groups is 1. The number of carboxylic acid groups (broad SMARTS) is 1. The van der Waals surface area contributed by atoms with Gasteiger partial charge < -0.3 is 14.6 Å². The molecule has 7 heteroatoms. The highest BCUT2D eigenvalue weighted by atomic mass is 16.4. The number of imidazole rings is 1. The summed E-state index contributed by atoms with van der Waals surface area (Å²) in [5, 5.41) is 22.7. The second kappa shape index (κ2) is 4.92. The molecule has 2 N–H and O–H groups in total. The molecule has 0 aliphatic heterocycles. The Kier molecular flexibility index (Phi) is 2.99. The molecule has 1 saturated carbocycles. The molecule has 118 valence electrons. The minimum absolute atomic E-state index is 0.135. The van der Waals surface area contributed by atoms with E-state index in [1.165, 1.54) is 12.4 Å². The van der Waals surface area contributed by atoms with Gasteiger partial charge in [0.25, 0.3) is 0 Å². The van der Waals surface area contributed by atoms with Crippen LogP contribution < -0.4 is 0 Å². The molecule has 3 aromatic heterocycles. The number of fused-ring (bicyclic) bond motifs is 1. The van der Waals surface area contributed by atoms with Crippen LogP contribution >= 0.6 is 0 Å². The first-order valence-electron chi connectivity index (χ1n) is 7.45. The van der Waals surface area contributed by atoms with Gasteiger partial charge in [0.2, 0.25) is 0 Å². The van der Waals surface area contributed by atoms with Crippen LogP contribution in [0.4, 0.5) is 0 Å². The van der Waals surface area contributed by atoms with E-state index in [2.05, 4.69) is 10.1 Å². The second-order valence-corrected chi connectivity index (χ2v) is 6.06. The van der Waals surface area contributed by atoms with Crippen molar-refractivity contribution in [2.24, 2.45) is 0 Å². The largest absolute Gasteiger partial charge is 0.478 e. The molecule has 1 aliphatic rings. The van der Waals surface area contributed by atoms with Crippen LogP contribution in [-0.2, 0) is 12.0 Å². The molecule has 0 saturated heterocycles. The van der Waals surface area contributed by atoms with E-state index in [9.17, 15) is 9.90 Å². The van der Waals surface area contributed by atoms with Gasteiger partial charge in [-0.2, -0.15) is 5.10 Å². The summed E-state index contributed by atoms with van der Waals surface area (Å²) in [5.74, 6) is -0.993. The Bertz CT molecular complexity index is 892. The molecular weight excluding hydrogens is 296 g/mol. The number of hydrogen-bond donors (Lipinski definition) is 2. The fourth-order valence-electron chi connectivity index (χ4n) is 2.94. The summed E-state index contributed by atoms with van der Waals surface area (Å²) in [4.78, 5) is 15.6. The van der Waals surface area contributed by atoms with Crippen molar-refractivity contribution >= 4 is 11.6 Å². The first-order valence-corrected chi connectivity index (χ1v) is 7.45. The highest BCUT2D eigenvalue weighted by Crippen LogP contribution is 2.48. The van der Waals surface area contributed by atoms with E-state index in [1.807, 2.05) is 28.9 Å². The van der Waals surface area contributed by atoms with Crippen LogP contribution in [0.1, 0.15) is 34.5 Å². The van der Waals surface area contributed by atoms with Crippen molar-refractivity contribution in [2.75, 3.05) is 6.61 Å². The lowest BCUT2D eigenvalue weighted by atomic mass is 9.98. The van der Waals surface area contributed by atoms with E-state index >= 15 is 0 Å². The summed E-state index contributed by atoms with van der Waals surface area (Å²) in [6.07, 6.45) is 8.61. The van der Waals surface area contributed by atoms with Gasteiger partial charge in [-0.05, 0) is 18.9 Å². The Morgan fingerprint density at radius 1 is 1.35 bits per heavy atom. The maximum atomic E-state index is 10.9. The van der Waals surface area contributed by atoms with Gasteiger partial charge in [-0.15, -0.1) is 0 Å². The van der Waals surface area contributed by atoms with Gasteiger partial charge in [-0.3, -0.25) is 4.68 Å². The van der Waals surface area contributed by atoms with Gasteiger partial charge in [0.05, 0.1) is 30.6 Å². The molecule has 23 heavy (non-hydrogen) atoms. The monoisotopic (exact) mass is 312 g/mol. The number of aliphatic hydroxyl groups is 1. The molecule has 7 nitrogen and oxygen atoms in total. The Morgan fingerprint density at radius 2 is 2.17 bits per heavy atom. The molecule has 1 aliphatic carbocycles. The molecule has 0 amide bonds. The van der Waals surface area contributed by atoms with Crippen molar-refractivity contribution < 1.29 is 15.0 Å². The molecule has 1 fully saturated rings. The van der Waals surface area contributed by atoms with E-state index in [0.29, 0.717) is 6.54 Å². The third-order valence-electron chi connectivity index (χ3n) is 4.46. The van der Waals surface area contributed by atoms with Gasteiger partial charge in [-0.25, -0.2) is 9.78 Å². The molecule has 0 aromatic carbocycles. The maximum absolute atomic E-state index is 10.9. The summed E-state index contributed by atoms with van der Waals surface area (Å²) in [7, 11) is 0. The van der Waals surface area contributed by atoms with Crippen molar-refractivity contribution in [3.05, 3.63) is 53.7 Å². The molecule has 0 spiro atoms. The average Bonchev–Trinajstić information content (AvgIpc) is 3.00. The Labute approximate surface area is 131 Å². The molecule has 4 rings (SSSR count). The molecular formula is C16H16N4O3. The van der Waals surface area contributed by atoms with Gasteiger partial charge in [0.15, 0.2) is 0 Å². The van der Waals surface area contributed by atoms with E-state index in [4.69, 9.17) is 5.11 Å². The molecule has 0 atom stereocenters. The van der Waals surface area contributed by atoms with Crippen LogP contribution in [0.15, 0.2) is 36.9 Å². The SMILES string of the molecule is O=C(O)c1cnn(Cc2cn3cccc(C4(CO)CC4)c3n2)c1.